The Kier molecular flexibility index (Phi) is 7.91. The number of carbonyl (C=O) groups excluding carboxylic acids is 1. The molecule has 0 aliphatic carbocycles. The summed E-state index contributed by atoms with van der Waals surface area (Å²) >= 11 is 6.31. The number of carbonyl (C=O) groups is 1. The van der Waals surface area contributed by atoms with Gasteiger partial charge in [0.15, 0.2) is 5.78 Å². The molecule has 5 rings (SSSR count). The number of halogens is 1. The third kappa shape index (κ3) is 5.81. The Morgan fingerprint density at radius 3 is 2.45 bits per heavy atom. The molecule has 1 atom stereocenters. The smallest absolute Gasteiger partial charge is 0.242 e. The first kappa shape index (κ1) is 26.9. The average molecular weight is 553 g/mol. The number of hydrogen-bond donors (Lipinski definition) is 0. The average Bonchev–Trinajstić information content (AvgIpc) is 2.92. The van der Waals surface area contributed by atoms with Crippen molar-refractivity contribution in [2.75, 3.05) is 33.2 Å². The second kappa shape index (κ2) is 11.2. The number of fused-ring (bicyclic) bond motifs is 1. The van der Waals surface area contributed by atoms with Crippen molar-refractivity contribution in [3.8, 4) is 5.75 Å². The largest absolute Gasteiger partial charge is 0.486 e. The van der Waals surface area contributed by atoms with E-state index < -0.39 is 15.6 Å². The molecule has 0 unspecified atom stereocenters. The van der Waals surface area contributed by atoms with Crippen molar-refractivity contribution in [2.24, 2.45) is 0 Å². The van der Waals surface area contributed by atoms with E-state index in [2.05, 4.69) is 4.90 Å². The molecule has 0 N–H and O–H groups in total. The predicted octanol–water partition coefficient (Wildman–Crippen LogP) is 5.63. The van der Waals surface area contributed by atoms with Gasteiger partial charge in [0.25, 0.3) is 0 Å². The molecule has 38 heavy (non-hydrogen) atoms. The van der Waals surface area contributed by atoms with Crippen LogP contribution in [0.1, 0.15) is 47.5 Å². The lowest BCUT2D eigenvalue weighted by atomic mass is 9.82. The van der Waals surface area contributed by atoms with Crippen LogP contribution < -0.4 is 4.74 Å². The van der Waals surface area contributed by atoms with Crippen LogP contribution in [0.5, 0.6) is 5.75 Å². The Bertz CT molecular complexity index is 1390. The van der Waals surface area contributed by atoms with E-state index in [9.17, 15) is 13.2 Å². The van der Waals surface area contributed by atoms with Gasteiger partial charge in [-0.15, -0.1) is 0 Å². The van der Waals surface area contributed by atoms with Gasteiger partial charge in [0, 0.05) is 44.5 Å². The maximum absolute atomic E-state index is 13.2. The van der Waals surface area contributed by atoms with E-state index in [0.29, 0.717) is 29.3 Å². The SMILES string of the molecule is CN(C[C@@H](CCN1CCC2(CC1)CC(=O)c1ccccc1O2)c1cccc(Cl)c1)S(=O)(=O)c1ccccc1. The lowest BCUT2D eigenvalue weighted by molar-refractivity contribution is -0.00946. The molecule has 6 nitrogen and oxygen atoms in total. The van der Waals surface area contributed by atoms with Gasteiger partial charge in [0.1, 0.15) is 11.4 Å². The first-order chi connectivity index (χ1) is 18.3. The molecule has 3 aromatic carbocycles. The summed E-state index contributed by atoms with van der Waals surface area (Å²) in [5, 5.41) is 0.639. The van der Waals surface area contributed by atoms with E-state index in [0.717, 1.165) is 44.5 Å². The minimum Gasteiger partial charge on any atom is -0.486 e. The van der Waals surface area contributed by atoms with Crippen LogP contribution in [0.4, 0.5) is 0 Å². The summed E-state index contributed by atoms with van der Waals surface area (Å²) < 4.78 is 34.2. The third-order valence-electron chi connectivity index (χ3n) is 7.81. The fourth-order valence-electron chi connectivity index (χ4n) is 5.55. The molecule has 1 spiro atoms. The number of likely N-dealkylation sites (tertiary alicyclic amines) is 1. The number of ketones is 1. The Labute approximate surface area is 230 Å². The second-order valence-corrected chi connectivity index (χ2v) is 12.8. The highest BCUT2D eigenvalue weighted by molar-refractivity contribution is 7.89. The molecule has 2 heterocycles. The lowest BCUT2D eigenvalue weighted by Crippen LogP contribution is -2.51. The summed E-state index contributed by atoms with van der Waals surface area (Å²) in [5.74, 6) is 0.831. The maximum Gasteiger partial charge on any atom is 0.242 e. The molecule has 0 amide bonds. The highest BCUT2D eigenvalue weighted by atomic mass is 35.5. The van der Waals surface area contributed by atoms with Crippen molar-refractivity contribution in [2.45, 2.75) is 42.1 Å². The van der Waals surface area contributed by atoms with Gasteiger partial charge in [0.05, 0.1) is 16.9 Å². The number of para-hydroxylation sites is 1. The lowest BCUT2D eigenvalue weighted by Gasteiger charge is -2.44. The summed E-state index contributed by atoms with van der Waals surface area (Å²) in [6, 6.07) is 23.7. The molecule has 3 aromatic rings. The van der Waals surface area contributed by atoms with Crippen molar-refractivity contribution >= 4 is 27.4 Å². The van der Waals surface area contributed by atoms with Crippen LogP contribution in [-0.4, -0.2) is 62.2 Å². The first-order valence-corrected chi connectivity index (χ1v) is 14.9. The van der Waals surface area contributed by atoms with Gasteiger partial charge < -0.3 is 9.64 Å². The van der Waals surface area contributed by atoms with Crippen LogP contribution in [0.2, 0.25) is 5.02 Å². The van der Waals surface area contributed by atoms with Crippen LogP contribution in [0.15, 0.2) is 83.8 Å². The summed E-state index contributed by atoms with van der Waals surface area (Å²) in [6.45, 7) is 2.83. The van der Waals surface area contributed by atoms with Gasteiger partial charge in [-0.2, -0.15) is 0 Å². The van der Waals surface area contributed by atoms with E-state index in [-0.39, 0.29) is 16.6 Å². The second-order valence-electron chi connectivity index (χ2n) is 10.4. The first-order valence-electron chi connectivity index (χ1n) is 13.1. The van der Waals surface area contributed by atoms with Crippen molar-refractivity contribution in [3.05, 3.63) is 95.0 Å². The number of piperidine rings is 1. The quantitative estimate of drug-likeness (QED) is 0.362. The number of nitrogens with zero attached hydrogens (tertiary/aromatic N) is 2. The predicted molar refractivity (Wildman–Crippen MR) is 149 cm³/mol. The number of likely N-dealkylation sites (N-methyl/N-ethyl adjacent to an activating group) is 1. The number of sulfonamides is 1. The standard InChI is InChI=1S/C30H33ClN2O4S/c1-32(38(35,36)26-10-3-2-4-11-26)22-24(23-8-7-9-25(31)20-23)14-17-33-18-15-30(16-19-33)21-28(34)27-12-5-6-13-29(27)37-30/h2-13,20,24H,14-19,21-22H2,1H3/t24-/m1/s1. The van der Waals surface area contributed by atoms with E-state index in [1.54, 1.807) is 31.3 Å². The maximum atomic E-state index is 13.2. The van der Waals surface area contributed by atoms with Crippen molar-refractivity contribution in [1.29, 1.82) is 0 Å². The van der Waals surface area contributed by atoms with Crippen molar-refractivity contribution in [3.63, 3.8) is 0 Å². The number of hydrogen-bond acceptors (Lipinski definition) is 5. The summed E-state index contributed by atoms with van der Waals surface area (Å²) in [4.78, 5) is 15.4. The summed E-state index contributed by atoms with van der Waals surface area (Å²) in [5.41, 5.74) is 1.27. The number of Topliss-reactive ketones (excluding diaryl/α,β-unsaturated/α-hetero) is 1. The zero-order chi connectivity index (χ0) is 26.8. The van der Waals surface area contributed by atoms with Gasteiger partial charge in [-0.3, -0.25) is 4.79 Å². The molecule has 8 heteroatoms. The molecule has 0 radical (unpaired) electrons. The minimum absolute atomic E-state index is 0.0209. The summed E-state index contributed by atoms with van der Waals surface area (Å²) in [7, 11) is -1.97. The highest BCUT2D eigenvalue weighted by Gasteiger charge is 2.42. The highest BCUT2D eigenvalue weighted by Crippen LogP contribution is 2.39. The molecule has 1 fully saturated rings. The molecule has 0 bridgehead atoms. The van der Waals surface area contributed by atoms with Gasteiger partial charge >= 0.3 is 0 Å². The van der Waals surface area contributed by atoms with Crippen LogP contribution in [0, 0.1) is 0 Å². The Hall–Kier alpha value is -2.71. The van der Waals surface area contributed by atoms with E-state index in [1.165, 1.54) is 4.31 Å². The number of rotatable bonds is 8. The number of benzene rings is 3. The minimum atomic E-state index is -3.61. The van der Waals surface area contributed by atoms with Gasteiger partial charge in [-0.25, -0.2) is 12.7 Å². The summed E-state index contributed by atoms with van der Waals surface area (Å²) in [6.07, 6.45) is 2.78. The van der Waals surface area contributed by atoms with Gasteiger partial charge in [-0.05, 0) is 60.8 Å². The third-order valence-corrected chi connectivity index (χ3v) is 9.88. The van der Waals surface area contributed by atoms with Crippen LogP contribution in [-0.2, 0) is 10.0 Å². The molecule has 200 valence electrons. The van der Waals surface area contributed by atoms with Crippen molar-refractivity contribution in [1.82, 2.24) is 9.21 Å². The Balaban J connectivity index is 1.25. The van der Waals surface area contributed by atoms with E-state index >= 15 is 0 Å². The Morgan fingerprint density at radius 1 is 1.00 bits per heavy atom. The topological polar surface area (TPSA) is 66.9 Å². The van der Waals surface area contributed by atoms with E-state index in [1.807, 2.05) is 54.6 Å². The molecule has 0 aromatic heterocycles. The molecule has 2 aliphatic heterocycles. The van der Waals surface area contributed by atoms with Gasteiger partial charge in [0.2, 0.25) is 10.0 Å². The van der Waals surface area contributed by atoms with Crippen LogP contribution >= 0.6 is 11.6 Å². The molecule has 0 saturated carbocycles. The zero-order valence-electron chi connectivity index (χ0n) is 21.6. The molecule has 2 aliphatic rings. The molecule has 1 saturated heterocycles. The normalized spacial score (nSPS) is 18.2. The zero-order valence-corrected chi connectivity index (χ0v) is 23.1. The fraction of sp³-hybridized carbons (Fsp3) is 0.367. The van der Waals surface area contributed by atoms with Crippen LogP contribution in [0.25, 0.3) is 0 Å². The fourth-order valence-corrected chi connectivity index (χ4v) is 6.99. The number of ether oxygens (including phenoxy) is 1. The molecular formula is C30H33ClN2O4S. The Morgan fingerprint density at radius 2 is 1.71 bits per heavy atom. The monoisotopic (exact) mass is 552 g/mol. The van der Waals surface area contributed by atoms with Crippen LogP contribution in [0.3, 0.4) is 0 Å². The van der Waals surface area contributed by atoms with E-state index in [4.69, 9.17) is 16.3 Å². The molecular weight excluding hydrogens is 520 g/mol. The van der Waals surface area contributed by atoms with Crippen molar-refractivity contribution < 1.29 is 17.9 Å². The van der Waals surface area contributed by atoms with Gasteiger partial charge in [-0.1, -0.05) is 54.1 Å².